The van der Waals surface area contributed by atoms with Gasteiger partial charge in [-0.15, -0.1) is 0 Å². The van der Waals surface area contributed by atoms with Gasteiger partial charge in [-0.25, -0.2) is 4.79 Å². The highest BCUT2D eigenvalue weighted by molar-refractivity contribution is 6.36. The molecule has 2 aromatic rings. The summed E-state index contributed by atoms with van der Waals surface area (Å²) in [6.45, 7) is 3.74. The maximum absolute atomic E-state index is 11.9. The standard InChI is InChI=1S/C17H16Cl2N2O2/c1-17(2)12-9-11(5-7-15(12)21(3)16(22)23-17)20-14-6-4-10(18)8-13(14)19/h4-9,20H,1-3H3. The van der Waals surface area contributed by atoms with E-state index in [1.54, 1.807) is 19.2 Å². The smallest absolute Gasteiger partial charge is 0.414 e. The molecule has 0 aromatic heterocycles. The minimum absolute atomic E-state index is 0.357. The molecule has 0 aliphatic carbocycles. The number of nitrogens with one attached hydrogen (secondary N) is 1. The van der Waals surface area contributed by atoms with Crippen molar-refractivity contribution in [2.75, 3.05) is 17.3 Å². The molecule has 1 aliphatic heterocycles. The number of amides is 1. The largest absolute Gasteiger partial charge is 0.438 e. The Bertz CT molecular complexity index is 790. The summed E-state index contributed by atoms with van der Waals surface area (Å²) in [6, 6.07) is 11.0. The van der Waals surface area contributed by atoms with Crippen LogP contribution in [0.25, 0.3) is 0 Å². The van der Waals surface area contributed by atoms with Crippen LogP contribution in [0.1, 0.15) is 19.4 Å². The molecule has 1 aliphatic rings. The third-order valence-corrected chi connectivity index (χ3v) is 4.38. The molecule has 0 saturated carbocycles. The van der Waals surface area contributed by atoms with E-state index < -0.39 is 5.60 Å². The van der Waals surface area contributed by atoms with Crippen LogP contribution in [0.15, 0.2) is 36.4 Å². The van der Waals surface area contributed by atoms with E-state index >= 15 is 0 Å². The van der Waals surface area contributed by atoms with Gasteiger partial charge in [0.05, 0.1) is 16.4 Å². The van der Waals surface area contributed by atoms with Gasteiger partial charge in [0, 0.05) is 23.3 Å². The number of fused-ring (bicyclic) bond motifs is 1. The van der Waals surface area contributed by atoms with Crippen LogP contribution in [0.3, 0.4) is 0 Å². The zero-order valence-electron chi connectivity index (χ0n) is 13.0. The van der Waals surface area contributed by atoms with Gasteiger partial charge >= 0.3 is 6.09 Å². The Balaban J connectivity index is 1.99. The summed E-state index contributed by atoms with van der Waals surface area (Å²) in [5.74, 6) is 0. The lowest BCUT2D eigenvalue weighted by molar-refractivity contribution is 0.0362. The predicted octanol–water partition coefficient (Wildman–Crippen LogP) is 5.56. The van der Waals surface area contributed by atoms with Crippen LogP contribution in [-0.2, 0) is 10.3 Å². The van der Waals surface area contributed by atoms with Crippen molar-refractivity contribution in [3.05, 3.63) is 52.0 Å². The summed E-state index contributed by atoms with van der Waals surface area (Å²) in [6.07, 6.45) is -0.357. The van der Waals surface area contributed by atoms with E-state index in [-0.39, 0.29) is 6.09 Å². The van der Waals surface area contributed by atoms with Gasteiger partial charge in [-0.1, -0.05) is 23.2 Å². The summed E-state index contributed by atoms with van der Waals surface area (Å²) in [4.78, 5) is 13.4. The SMILES string of the molecule is CN1C(=O)OC(C)(C)c2cc(Nc3ccc(Cl)cc3Cl)ccc21. The number of cyclic esters (lactones) is 1. The number of carbonyl (C=O) groups is 1. The molecule has 0 radical (unpaired) electrons. The van der Waals surface area contributed by atoms with Gasteiger partial charge in [-0.05, 0) is 50.2 Å². The second-order valence-corrected chi connectivity index (χ2v) is 6.76. The lowest BCUT2D eigenvalue weighted by Gasteiger charge is -2.37. The van der Waals surface area contributed by atoms with Gasteiger partial charge in [0.2, 0.25) is 0 Å². The summed E-state index contributed by atoms with van der Waals surface area (Å²) in [7, 11) is 1.69. The second kappa shape index (κ2) is 5.62. The van der Waals surface area contributed by atoms with Crippen molar-refractivity contribution in [3.8, 4) is 0 Å². The zero-order chi connectivity index (χ0) is 16.8. The molecule has 2 aromatic carbocycles. The van der Waals surface area contributed by atoms with E-state index in [1.165, 1.54) is 4.90 Å². The van der Waals surface area contributed by atoms with E-state index in [4.69, 9.17) is 27.9 Å². The van der Waals surface area contributed by atoms with E-state index in [9.17, 15) is 4.79 Å². The van der Waals surface area contributed by atoms with Crippen molar-refractivity contribution < 1.29 is 9.53 Å². The lowest BCUT2D eigenvalue weighted by Crippen LogP contribution is -2.41. The van der Waals surface area contributed by atoms with Crippen LogP contribution in [-0.4, -0.2) is 13.1 Å². The minimum Gasteiger partial charge on any atom is -0.438 e. The van der Waals surface area contributed by atoms with Crippen LogP contribution in [0, 0.1) is 0 Å². The first-order chi connectivity index (χ1) is 10.8. The Labute approximate surface area is 144 Å². The maximum atomic E-state index is 11.9. The number of benzene rings is 2. The average Bonchev–Trinajstić information content (AvgIpc) is 2.48. The summed E-state index contributed by atoms with van der Waals surface area (Å²) < 4.78 is 5.47. The van der Waals surface area contributed by atoms with Crippen LogP contribution in [0.2, 0.25) is 10.0 Å². The van der Waals surface area contributed by atoms with E-state index in [0.29, 0.717) is 10.0 Å². The highest BCUT2D eigenvalue weighted by Gasteiger charge is 2.36. The molecular weight excluding hydrogens is 335 g/mol. The van der Waals surface area contributed by atoms with Crippen LogP contribution < -0.4 is 10.2 Å². The van der Waals surface area contributed by atoms with Gasteiger partial charge in [-0.3, -0.25) is 4.90 Å². The zero-order valence-corrected chi connectivity index (χ0v) is 14.5. The van der Waals surface area contributed by atoms with Gasteiger partial charge < -0.3 is 10.1 Å². The predicted molar refractivity (Wildman–Crippen MR) is 94.1 cm³/mol. The molecule has 0 fully saturated rings. The number of hydrogen-bond acceptors (Lipinski definition) is 3. The average molecular weight is 351 g/mol. The molecular formula is C17H16Cl2N2O2. The summed E-state index contributed by atoms with van der Waals surface area (Å²) >= 11 is 12.1. The van der Waals surface area contributed by atoms with Gasteiger partial charge in [0.15, 0.2) is 0 Å². The molecule has 6 heteroatoms. The number of halogens is 2. The Morgan fingerprint density at radius 1 is 1.13 bits per heavy atom. The molecule has 0 atom stereocenters. The van der Waals surface area contributed by atoms with Crippen molar-refractivity contribution in [1.82, 2.24) is 0 Å². The molecule has 1 N–H and O–H groups in total. The Morgan fingerprint density at radius 3 is 2.57 bits per heavy atom. The first-order valence-corrected chi connectivity index (χ1v) is 7.87. The van der Waals surface area contributed by atoms with E-state index in [1.807, 2.05) is 38.1 Å². The van der Waals surface area contributed by atoms with Crippen molar-refractivity contribution in [2.45, 2.75) is 19.4 Å². The van der Waals surface area contributed by atoms with E-state index in [2.05, 4.69) is 5.32 Å². The molecule has 120 valence electrons. The first-order valence-electron chi connectivity index (χ1n) is 7.11. The first kappa shape index (κ1) is 16.0. The fourth-order valence-electron chi connectivity index (χ4n) is 2.57. The molecule has 1 heterocycles. The molecule has 4 nitrogen and oxygen atoms in total. The highest BCUT2D eigenvalue weighted by atomic mass is 35.5. The molecule has 0 spiro atoms. The minimum atomic E-state index is -0.694. The van der Waals surface area contributed by atoms with E-state index in [0.717, 1.165) is 22.6 Å². The third kappa shape index (κ3) is 2.96. The Hall–Kier alpha value is -1.91. The van der Waals surface area contributed by atoms with Crippen LogP contribution >= 0.6 is 23.2 Å². The fourth-order valence-corrected chi connectivity index (χ4v) is 3.03. The molecule has 0 bridgehead atoms. The number of anilines is 3. The molecule has 3 rings (SSSR count). The summed E-state index contributed by atoms with van der Waals surface area (Å²) in [5, 5.41) is 4.39. The van der Waals surface area contributed by atoms with Crippen LogP contribution in [0.5, 0.6) is 0 Å². The van der Waals surface area contributed by atoms with Crippen molar-refractivity contribution in [2.24, 2.45) is 0 Å². The highest BCUT2D eigenvalue weighted by Crippen LogP contribution is 2.40. The van der Waals surface area contributed by atoms with Crippen LogP contribution in [0.4, 0.5) is 21.9 Å². The quantitative estimate of drug-likeness (QED) is 0.770. The van der Waals surface area contributed by atoms with Gasteiger partial charge in [0.25, 0.3) is 0 Å². The number of ether oxygens (including phenoxy) is 1. The number of carbonyl (C=O) groups excluding carboxylic acids is 1. The molecule has 1 amide bonds. The van der Waals surface area contributed by atoms with Crippen molar-refractivity contribution in [1.29, 1.82) is 0 Å². The van der Waals surface area contributed by atoms with Gasteiger partial charge in [0.1, 0.15) is 5.60 Å². The second-order valence-electron chi connectivity index (χ2n) is 5.92. The Morgan fingerprint density at radius 2 is 1.87 bits per heavy atom. The fraction of sp³-hybridized carbons (Fsp3) is 0.235. The number of rotatable bonds is 2. The Kier molecular flexibility index (Phi) is 3.90. The normalized spacial score (nSPS) is 15.9. The number of nitrogens with zero attached hydrogens (tertiary/aromatic N) is 1. The molecule has 0 unspecified atom stereocenters. The number of hydrogen-bond donors (Lipinski definition) is 1. The third-order valence-electron chi connectivity index (χ3n) is 3.83. The summed E-state index contributed by atoms with van der Waals surface area (Å²) in [5.41, 5.74) is 2.68. The maximum Gasteiger partial charge on any atom is 0.414 e. The molecule has 23 heavy (non-hydrogen) atoms. The monoisotopic (exact) mass is 350 g/mol. The van der Waals surface area contributed by atoms with Crippen molar-refractivity contribution in [3.63, 3.8) is 0 Å². The van der Waals surface area contributed by atoms with Gasteiger partial charge in [-0.2, -0.15) is 0 Å². The topological polar surface area (TPSA) is 41.6 Å². The lowest BCUT2D eigenvalue weighted by atomic mass is 9.93. The van der Waals surface area contributed by atoms with Crippen molar-refractivity contribution >= 4 is 46.4 Å². The molecule has 0 saturated heterocycles.